The van der Waals surface area contributed by atoms with Gasteiger partial charge in [0.1, 0.15) is 0 Å². The standard InChI is InChI=1S/C15H22F3N3/c1-2-10-3-5-11(6-4-10)21-13-7-8-19-9-12(13)20-14(21)15(16,17)18/h10-11,19H,2-9H2,1H3. The largest absolute Gasteiger partial charge is 0.449 e. The number of hydrogen-bond donors (Lipinski definition) is 1. The number of fused-ring (bicyclic) bond motifs is 1. The van der Waals surface area contributed by atoms with Gasteiger partial charge in [0.15, 0.2) is 0 Å². The van der Waals surface area contributed by atoms with Gasteiger partial charge in [-0.15, -0.1) is 0 Å². The first-order valence-corrected chi connectivity index (χ1v) is 7.88. The quantitative estimate of drug-likeness (QED) is 0.903. The van der Waals surface area contributed by atoms with Crippen molar-refractivity contribution >= 4 is 0 Å². The van der Waals surface area contributed by atoms with Crippen molar-refractivity contribution in [2.24, 2.45) is 5.92 Å². The molecule has 2 aliphatic rings. The first kappa shape index (κ1) is 14.9. The number of halogens is 3. The third kappa shape index (κ3) is 2.82. The number of hydrogen-bond acceptors (Lipinski definition) is 2. The van der Waals surface area contributed by atoms with E-state index in [0.717, 1.165) is 44.3 Å². The molecule has 3 rings (SSSR count). The van der Waals surface area contributed by atoms with E-state index in [1.165, 1.54) is 4.57 Å². The number of nitrogens with zero attached hydrogens (tertiary/aromatic N) is 2. The van der Waals surface area contributed by atoms with Gasteiger partial charge in [-0.3, -0.25) is 0 Å². The zero-order valence-corrected chi connectivity index (χ0v) is 12.3. The molecule has 2 heterocycles. The highest BCUT2D eigenvalue weighted by Crippen LogP contribution is 2.40. The molecule has 0 saturated heterocycles. The van der Waals surface area contributed by atoms with Crippen molar-refractivity contribution in [3.8, 4) is 0 Å². The van der Waals surface area contributed by atoms with E-state index in [0.29, 0.717) is 24.6 Å². The van der Waals surface area contributed by atoms with Gasteiger partial charge in [-0.2, -0.15) is 13.2 Å². The first-order chi connectivity index (χ1) is 10.0. The van der Waals surface area contributed by atoms with Gasteiger partial charge in [-0.25, -0.2) is 4.98 Å². The SMILES string of the molecule is CCC1CCC(n2c(C(F)(F)F)nc3c2CCNC3)CC1. The molecule has 0 unspecified atom stereocenters. The predicted octanol–water partition coefficient (Wildman–Crippen LogP) is 3.69. The van der Waals surface area contributed by atoms with Gasteiger partial charge in [-0.05, 0) is 31.6 Å². The maximum atomic E-state index is 13.3. The van der Waals surface area contributed by atoms with Crippen LogP contribution in [0, 0.1) is 5.92 Å². The Morgan fingerprint density at radius 3 is 2.57 bits per heavy atom. The molecule has 0 spiro atoms. The Kier molecular flexibility index (Phi) is 3.99. The summed E-state index contributed by atoms with van der Waals surface area (Å²) >= 11 is 0. The molecule has 1 N–H and O–H groups in total. The van der Waals surface area contributed by atoms with E-state index in [4.69, 9.17) is 0 Å². The summed E-state index contributed by atoms with van der Waals surface area (Å²) < 4.78 is 41.5. The molecule has 3 nitrogen and oxygen atoms in total. The Morgan fingerprint density at radius 1 is 1.24 bits per heavy atom. The monoisotopic (exact) mass is 301 g/mol. The summed E-state index contributed by atoms with van der Waals surface area (Å²) in [5, 5.41) is 3.11. The van der Waals surface area contributed by atoms with Gasteiger partial charge in [0, 0.05) is 31.2 Å². The van der Waals surface area contributed by atoms with Crippen LogP contribution in [0.1, 0.15) is 62.3 Å². The summed E-state index contributed by atoms with van der Waals surface area (Å²) in [5.41, 5.74) is 1.40. The molecule has 118 valence electrons. The molecule has 1 fully saturated rings. The van der Waals surface area contributed by atoms with Crippen molar-refractivity contribution in [1.82, 2.24) is 14.9 Å². The van der Waals surface area contributed by atoms with Gasteiger partial charge in [0.25, 0.3) is 0 Å². The molecule has 21 heavy (non-hydrogen) atoms. The molecule has 0 atom stereocenters. The van der Waals surface area contributed by atoms with E-state index < -0.39 is 12.0 Å². The second kappa shape index (κ2) is 5.63. The second-order valence-corrected chi connectivity index (χ2v) is 6.21. The second-order valence-electron chi connectivity index (χ2n) is 6.21. The Bertz CT molecular complexity index is 499. The normalized spacial score (nSPS) is 26.7. The molecule has 0 amide bonds. The van der Waals surface area contributed by atoms with Crippen LogP contribution in [-0.2, 0) is 19.1 Å². The van der Waals surface area contributed by atoms with Crippen molar-refractivity contribution in [2.45, 2.75) is 64.2 Å². The minimum Gasteiger partial charge on any atom is -0.321 e. The Balaban J connectivity index is 1.94. The summed E-state index contributed by atoms with van der Waals surface area (Å²) in [4.78, 5) is 3.91. The van der Waals surface area contributed by atoms with Gasteiger partial charge in [-0.1, -0.05) is 13.3 Å². The average Bonchev–Trinajstić information content (AvgIpc) is 2.87. The number of rotatable bonds is 2. The highest BCUT2D eigenvalue weighted by molar-refractivity contribution is 5.23. The summed E-state index contributed by atoms with van der Waals surface area (Å²) in [7, 11) is 0. The van der Waals surface area contributed by atoms with Crippen LogP contribution < -0.4 is 5.32 Å². The summed E-state index contributed by atoms with van der Waals surface area (Å²) in [6.07, 6.45) is 1.17. The molecule has 0 aromatic carbocycles. The van der Waals surface area contributed by atoms with Crippen molar-refractivity contribution in [3.05, 3.63) is 17.2 Å². The summed E-state index contributed by atoms with van der Waals surface area (Å²) in [6, 6.07) is -0.0289. The molecule has 0 radical (unpaired) electrons. The molecule has 1 aliphatic heterocycles. The highest BCUT2D eigenvalue weighted by atomic mass is 19.4. The molecule has 1 aromatic rings. The number of alkyl halides is 3. The summed E-state index contributed by atoms with van der Waals surface area (Å²) in [6.45, 7) is 3.35. The van der Waals surface area contributed by atoms with Gasteiger partial charge >= 0.3 is 6.18 Å². The number of imidazole rings is 1. The third-order valence-corrected chi connectivity index (χ3v) is 4.94. The fourth-order valence-corrected chi connectivity index (χ4v) is 3.74. The lowest BCUT2D eigenvalue weighted by atomic mass is 9.84. The van der Waals surface area contributed by atoms with Crippen molar-refractivity contribution < 1.29 is 13.2 Å². The van der Waals surface area contributed by atoms with E-state index >= 15 is 0 Å². The summed E-state index contributed by atoms with van der Waals surface area (Å²) in [5.74, 6) is -0.00671. The van der Waals surface area contributed by atoms with Crippen molar-refractivity contribution in [1.29, 1.82) is 0 Å². The van der Waals surface area contributed by atoms with E-state index in [-0.39, 0.29) is 6.04 Å². The smallest absolute Gasteiger partial charge is 0.321 e. The van der Waals surface area contributed by atoms with Crippen molar-refractivity contribution in [3.63, 3.8) is 0 Å². The minimum absolute atomic E-state index is 0.0289. The minimum atomic E-state index is -4.36. The molecule has 1 aliphatic carbocycles. The number of aromatic nitrogens is 2. The number of nitrogens with one attached hydrogen (secondary N) is 1. The van der Waals surface area contributed by atoms with Crippen LogP contribution in [-0.4, -0.2) is 16.1 Å². The van der Waals surface area contributed by atoms with E-state index in [1.807, 2.05) is 0 Å². The van der Waals surface area contributed by atoms with Crippen LogP contribution in [0.15, 0.2) is 0 Å². The molecular formula is C15H22F3N3. The fraction of sp³-hybridized carbons (Fsp3) is 0.800. The van der Waals surface area contributed by atoms with Crippen LogP contribution in [0.5, 0.6) is 0 Å². The van der Waals surface area contributed by atoms with E-state index in [2.05, 4.69) is 17.2 Å². The van der Waals surface area contributed by atoms with Gasteiger partial charge < -0.3 is 9.88 Å². The van der Waals surface area contributed by atoms with Crippen LogP contribution in [0.4, 0.5) is 13.2 Å². The molecule has 0 bridgehead atoms. The van der Waals surface area contributed by atoms with E-state index in [9.17, 15) is 13.2 Å². The zero-order chi connectivity index (χ0) is 15.0. The van der Waals surface area contributed by atoms with Crippen LogP contribution in [0.2, 0.25) is 0 Å². The topological polar surface area (TPSA) is 29.9 Å². The van der Waals surface area contributed by atoms with Crippen molar-refractivity contribution in [2.75, 3.05) is 6.54 Å². The van der Waals surface area contributed by atoms with Crippen LogP contribution >= 0.6 is 0 Å². The Hall–Kier alpha value is -1.04. The van der Waals surface area contributed by atoms with E-state index in [1.54, 1.807) is 0 Å². The average molecular weight is 301 g/mol. The van der Waals surface area contributed by atoms with Crippen LogP contribution in [0.25, 0.3) is 0 Å². The highest BCUT2D eigenvalue weighted by Gasteiger charge is 2.41. The van der Waals surface area contributed by atoms with Gasteiger partial charge in [0.05, 0.1) is 5.69 Å². The fourth-order valence-electron chi connectivity index (χ4n) is 3.74. The Morgan fingerprint density at radius 2 is 1.95 bits per heavy atom. The lowest BCUT2D eigenvalue weighted by Crippen LogP contribution is -2.28. The lowest BCUT2D eigenvalue weighted by Gasteiger charge is -2.31. The van der Waals surface area contributed by atoms with Gasteiger partial charge in [0.2, 0.25) is 5.82 Å². The molecule has 1 saturated carbocycles. The predicted molar refractivity (Wildman–Crippen MR) is 73.9 cm³/mol. The lowest BCUT2D eigenvalue weighted by molar-refractivity contribution is -0.148. The third-order valence-electron chi connectivity index (χ3n) is 4.94. The van der Waals surface area contributed by atoms with Crippen LogP contribution in [0.3, 0.4) is 0 Å². The maximum absolute atomic E-state index is 13.3. The Labute approximate surface area is 122 Å². The zero-order valence-electron chi connectivity index (χ0n) is 12.3. The first-order valence-electron chi connectivity index (χ1n) is 7.88. The maximum Gasteiger partial charge on any atom is 0.449 e. The molecular weight excluding hydrogens is 279 g/mol. The molecule has 6 heteroatoms. The molecule has 1 aromatic heterocycles.